The third-order valence-corrected chi connectivity index (χ3v) is 1.99. The summed E-state index contributed by atoms with van der Waals surface area (Å²) in [6, 6.07) is 0. The average Bonchev–Trinajstić information content (AvgIpc) is 2.03. The number of esters is 1. The van der Waals surface area contributed by atoms with Crippen molar-refractivity contribution < 1.29 is 9.53 Å². The fourth-order valence-corrected chi connectivity index (χ4v) is 1.21. The first-order valence-electron chi connectivity index (χ1n) is 4.56. The number of hydrogen-bond donors (Lipinski definition) is 0. The van der Waals surface area contributed by atoms with E-state index in [1.165, 1.54) is 0 Å². The van der Waals surface area contributed by atoms with E-state index in [1.807, 2.05) is 6.08 Å². The van der Waals surface area contributed by atoms with E-state index in [9.17, 15) is 4.79 Å². The van der Waals surface area contributed by atoms with Gasteiger partial charge in [-0.1, -0.05) is 19.9 Å². The van der Waals surface area contributed by atoms with E-state index in [0.717, 1.165) is 24.8 Å². The predicted octanol–water partition coefficient (Wildman–Crippen LogP) is 2.30. The Labute approximate surface area is 73.6 Å². The Kier molecular flexibility index (Phi) is 3.32. The van der Waals surface area contributed by atoms with E-state index in [2.05, 4.69) is 13.8 Å². The van der Waals surface area contributed by atoms with E-state index >= 15 is 0 Å². The normalized spacial score (nSPS) is 17.6. The first-order valence-corrected chi connectivity index (χ1v) is 4.56. The van der Waals surface area contributed by atoms with Gasteiger partial charge in [-0.15, -0.1) is 0 Å². The summed E-state index contributed by atoms with van der Waals surface area (Å²) in [6.45, 7) is 4.88. The molecule has 2 nitrogen and oxygen atoms in total. The van der Waals surface area contributed by atoms with Gasteiger partial charge in [-0.3, -0.25) is 0 Å². The molecule has 0 bridgehead atoms. The molecule has 0 fully saturated rings. The fraction of sp³-hybridized carbons (Fsp3) is 0.700. The van der Waals surface area contributed by atoms with Crippen LogP contribution >= 0.6 is 0 Å². The van der Waals surface area contributed by atoms with Crippen LogP contribution in [0, 0.1) is 5.92 Å². The van der Waals surface area contributed by atoms with Gasteiger partial charge in [0.25, 0.3) is 0 Å². The Bertz CT molecular complexity index is 192. The molecule has 12 heavy (non-hydrogen) atoms. The second-order valence-corrected chi connectivity index (χ2v) is 3.59. The minimum atomic E-state index is -0.109. The van der Waals surface area contributed by atoms with Crippen LogP contribution in [0.4, 0.5) is 0 Å². The maximum atomic E-state index is 11.1. The number of cyclic esters (lactones) is 1. The molecule has 0 unspecified atom stereocenters. The second kappa shape index (κ2) is 4.29. The van der Waals surface area contributed by atoms with Crippen LogP contribution < -0.4 is 0 Å². The maximum Gasteiger partial charge on any atom is 0.333 e. The molecule has 0 amide bonds. The van der Waals surface area contributed by atoms with Gasteiger partial charge in [0.05, 0.1) is 6.61 Å². The van der Waals surface area contributed by atoms with Crippen LogP contribution in [-0.4, -0.2) is 12.6 Å². The number of carbonyl (C=O) groups excluding carboxylic acids is 1. The van der Waals surface area contributed by atoms with Crippen LogP contribution in [0.15, 0.2) is 11.6 Å². The van der Waals surface area contributed by atoms with Gasteiger partial charge in [0, 0.05) is 12.0 Å². The molecule has 1 rings (SSSR count). The van der Waals surface area contributed by atoms with Gasteiger partial charge in [-0.25, -0.2) is 4.79 Å². The van der Waals surface area contributed by atoms with Crippen molar-refractivity contribution >= 4 is 5.97 Å². The van der Waals surface area contributed by atoms with Crippen LogP contribution in [0.1, 0.15) is 33.1 Å². The highest BCUT2D eigenvalue weighted by Gasteiger charge is 2.14. The Balaban J connectivity index is 2.39. The molecule has 0 aromatic rings. The fourth-order valence-electron chi connectivity index (χ4n) is 1.21. The Hall–Kier alpha value is -0.790. The molecule has 0 saturated heterocycles. The molecular weight excluding hydrogens is 152 g/mol. The summed E-state index contributed by atoms with van der Waals surface area (Å²) in [6.07, 6.45) is 4.84. The number of carbonyl (C=O) groups is 1. The number of ether oxygens (including phenoxy) is 1. The molecule has 0 atom stereocenters. The molecule has 0 aromatic heterocycles. The Morgan fingerprint density at radius 1 is 1.58 bits per heavy atom. The van der Waals surface area contributed by atoms with E-state index in [-0.39, 0.29) is 5.97 Å². The zero-order valence-electron chi connectivity index (χ0n) is 7.80. The first kappa shape index (κ1) is 9.30. The lowest BCUT2D eigenvalue weighted by Crippen LogP contribution is -2.14. The lowest BCUT2D eigenvalue weighted by molar-refractivity contribution is -0.140. The zero-order valence-corrected chi connectivity index (χ0v) is 7.80. The van der Waals surface area contributed by atoms with E-state index in [0.29, 0.717) is 12.5 Å². The molecule has 0 radical (unpaired) electrons. The van der Waals surface area contributed by atoms with Gasteiger partial charge < -0.3 is 4.74 Å². The molecule has 1 aliphatic heterocycles. The highest BCUT2D eigenvalue weighted by Crippen LogP contribution is 2.16. The highest BCUT2D eigenvalue weighted by atomic mass is 16.5. The Morgan fingerprint density at radius 2 is 2.33 bits per heavy atom. The van der Waals surface area contributed by atoms with Crippen molar-refractivity contribution in [2.75, 3.05) is 6.61 Å². The quantitative estimate of drug-likeness (QED) is 0.604. The summed E-state index contributed by atoms with van der Waals surface area (Å²) in [5.41, 5.74) is 0.870. The van der Waals surface area contributed by atoms with Gasteiger partial charge in [0.15, 0.2) is 0 Å². The molecule has 0 N–H and O–H groups in total. The van der Waals surface area contributed by atoms with Crippen molar-refractivity contribution in [3.05, 3.63) is 11.6 Å². The summed E-state index contributed by atoms with van der Waals surface area (Å²) < 4.78 is 4.92. The molecule has 0 spiro atoms. The molecule has 0 aliphatic carbocycles. The Morgan fingerprint density at radius 3 is 2.92 bits per heavy atom. The summed E-state index contributed by atoms with van der Waals surface area (Å²) in [5, 5.41) is 0. The minimum absolute atomic E-state index is 0.109. The summed E-state index contributed by atoms with van der Waals surface area (Å²) in [7, 11) is 0. The number of hydrogen-bond acceptors (Lipinski definition) is 2. The third kappa shape index (κ3) is 2.68. The minimum Gasteiger partial charge on any atom is -0.462 e. The van der Waals surface area contributed by atoms with Crippen molar-refractivity contribution in [2.24, 2.45) is 5.92 Å². The van der Waals surface area contributed by atoms with Gasteiger partial charge in [0.2, 0.25) is 0 Å². The van der Waals surface area contributed by atoms with E-state index in [1.54, 1.807) is 0 Å². The molecule has 0 aromatic carbocycles. The molecule has 2 heteroatoms. The van der Waals surface area contributed by atoms with Gasteiger partial charge in [-0.2, -0.15) is 0 Å². The lowest BCUT2D eigenvalue weighted by Gasteiger charge is -2.13. The van der Waals surface area contributed by atoms with Gasteiger partial charge >= 0.3 is 5.97 Å². The molecule has 0 saturated carbocycles. The zero-order chi connectivity index (χ0) is 8.97. The standard InChI is InChI=1S/C10H16O2/c1-8(2)5-6-9-4-3-7-12-10(9)11/h4,8H,3,5-7H2,1-2H3. The molecule has 1 aliphatic rings. The maximum absolute atomic E-state index is 11.1. The topological polar surface area (TPSA) is 26.3 Å². The van der Waals surface area contributed by atoms with E-state index < -0.39 is 0 Å². The van der Waals surface area contributed by atoms with Gasteiger partial charge in [-0.05, 0) is 18.8 Å². The van der Waals surface area contributed by atoms with Crippen LogP contribution in [0.25, 0.3) is 0 Å². The SMILES string of the molecule is CC(C)CCC1=CCCOC1=O. The largest absolute Gasteiger partial charge is 0.462 e. The summed E-state index contributed by atoms with van der Waals surface area (Å²) in [5.74, 6) is 0.544. The third-order valence-electron chi connectivity index (χ3n) is 1.99. The van der Waals surface area contributed by atoms with Crippen LogP contribution in [-0.2, 0) is 9.53 Å². The van der Waals surface area contributed by atoms with E-state index in [4.69, 9.17) is 4.74 Å². The molecule has 68 valence electrons. The second-order valence-electron chi connectivity index (χ2n) is 3.59. The van der Waals surface area contributed by atoms with Crippen molar-refractivity contribution in [2.45, 2.75) is 33.1 Å². The number of rotatable bonds is 3. The smallest absolute Gasteiger partial charge is 0.333 e. The highest BCUT2D eigenvalue weighted by molar-refractivity contribution is 5.88. The summed E-state index contributed by atoms with van der Waals surface area (Å²) in [4.78, 5) is 11.1. The first-order chi connectivity index (χ1) is 5.70. The van der Waals surface area contributed by atoms with Crippen LogP contribution in [0.2, 0.25) is 0 Å². The van der Waals surface area contributed by atoms with Crippen molar-refractivity contribution in [3.8, 4) is 0 Å². The van der Waals surface area contributed by atoms with Crippen molar-refractivity contribution in [1.29, 1.82) is 0 Å². The van der Waals surface area contributed by atoms with Gasteiger partial charge in [0.1, 0.15) is 0 Å². The molecular formula is C10H16O2. The van der Waals surface area contributed by atoms with Crippen LogP contribution in [0.5, 0.6) is 0 Å². The van der Waals surface area contributed by atoms with Crippen LogP contribution in [0.3, 0.4) is 0 Å². The molecule has 1 heterocycles. The predicted molar refractivity (Wildman–Crippen MR) is 47.7 cm³/mol. The van der Waals surface area contributed by atoms with Crippen molar-refractivity contribution in [3.63, 3.8) is 0 Å². The van der Waals surface area contributed by atoms with Crippen molar-refractivity contribution in [1.82, 2.24) is 0 Å². The average molecular weight is 168 g/mol. The monoisotopic (exact) mass is 168 g/mol. The summed E-state index contributed by atoms with van der Waals surface area (Å²) >= 11 is 0. The lowest BCUT2D eigenvalue weighted by atomic mass is 10.0.